The van der Waals surface area contributed by atoms with Crippen molar-refractivity contribution in [3.63, 3.8) is 0 Å². The number of amides is 2. The maximum atomic E-state index is 14.2. The molecule has 2 aromatic carbocycles. The van der Waals surface area contributed by atoms with Crippen LogP contribution < -0.4 is 0 Å². The van der Waals surface area contributed by atoms with Crippen molar-refractivity contribution < 1.29 is 14.0 Å². The average molecular weight is 406 g/mol. The van der Waals surface area contributed by atoms with Crippen molar-refractivity contribution >= 4 is 39.9 Å². The molecule has 6 heteroatoms. The number of imide groups is 1. The number of halogens is 1. The minimum atomic E-state index is -0.315. The molecule has 146 valence electrons. The van der Waals surface area contributed by atoms with Crippen molar-refractivity contribution in [1.29, 1.82) is 0 Å². The third-order valence-corrected chi connectivity index (χ3v) is 5.93. The van der Waals surface area contributed by atoms with Gasteiger partial charge in [-0.25, -0.2) is 4.39 Å². The van der Waals surface area contributed by atoms with Crippen LogP contribution in [0.5, 0.6) is 0 Å². The number of thioether (sulfide) groups is 1. The Morgan fingerprint density at radius 1 is 1.10 bits per heavy atom. The van der Waals surface area contributed by atoms with E-state index >= 15 is 0 Å². The molecule has 1 fully saturated rings. The third kappa shape index (κ3) is 3.40. The first-order chi connectivity index (χ1) is 14.0. The van der Waals surface area contributed by atoms with Gasteiger partial charge in [0.2, 0.25) is 0 Å². The predicted molar refractivity (Wildman–Crippen MR) is 115 cm³/mol. The van der Waals surface area contributed by atoms with Crippen LogP contribution in [0, 0.1) is 12.7 Å². The fourth-order valence-corrected chi connectivity index (χ4v) is 4.39. The van der Waals surface area contributed by atoms with Gasteiger partial charge in [0.1, 0.15) is 5.82 Å². The van der Waals surface area contributed by atoms with Crippen LogP contribution in [0.2, 0.25) is 0 Å². The fourth-order valence-electron chi connectivity index (χ4n) is 3.56. The summed E-state index contributed by atoms with van der Waals surface area (Å²) in [6, 6.07) is 14.5. The van der Waals surface area contributed by atoms with Crippen LogP contribution >= 0.6 is 11.8 Å². The number of aromatic nitrogens is 1. The number of carbonyl (C=O) groups is 2. The van der Waals surface area contributed by atoms with E-state index in [9.17, 15) is 14.0 Å². The quantitative estimate of drug-likeness (QED) is 0.423. The molecule has 0 atom stereocenters. The molecule has 4 nitrogen and oxygen atoms in total. The summed E-state index contributed by atoms with van der Waals surface area (Å²) in [6.45, 7) is 6.11. The molecule has 0 unspecified atom stereocenters. The lowest BCUT2D eigenvalue weighted by Gasteiger charge is -2.09. The highest BCUT2D eigenvalue weighted by molar-refractivity contribution is 8.18. The monoisotopic (exact) mass is 406 g/mol. The lowest BCUT2D eigenvalue weighted by molar-refractivity contribution is -0.122. The van der Waals surface area contributed by atoms with E-state index in [1.165, 1.54) is 17.0 Å². The molecule has 1 aliphatic heterocycles. The second-order valence-corrected chi connectivity index (χ2v) is 7.77. The highest BCUT2D eigenvalue weighted by atomic mass is 32.2. The molecule has 0 saturated carbocycles. The zero-order chi connectivity index (χ0) is 20.5. The largest absolute Gasteiger partial charge is 0.340 e. The van der Waals surface area contributed by atoms with E-state index in [1.54, 1.807) is 18.2 Å². The minimum absolute atomic E-state index is 0.191. The number of nitrogens with zero attached hydrogens (tertiary/aromatic N) is 2. The third-order valence-electron chi connectivity index (χ3n) is 5.03. The summed E-state index contributed by atoms with van der Waals surface area (Å²) >= 11 is 0.931. The number of fused-ring (bicyclic) bond motifs is 1. The van der Waals surface area contributed by atoms with Crippen LogP contribution in [-0.2, 0) is 11.3 Å². The first-order valence-electron chi connectivity index (χ1n) is 9.18. The molecule has 4 rings (SSSR count). The normalized spacial score (nSPS) is 15.7. The van der Waals surface area contributed by atoms with Crippen molar-refractivity contribution in [2.75, 3.05) is 6.54 Å². The highest BCUT2D eigenvalue weighted by Crippen LogP contribution is 2.35. The Morgan fingerprint density at radius 2 is 1.83 bits per heavy atom. The lowest BCUT2D eigenvalue weighted by Crippen LogP contribution is -2.27. The molecular formula is C23H19FN2O2S. The standard InChI is InChI=1S/C23H19FN2O2S/c1-3-12-25-22(27)21(29-23(25)28)13-18-15(2)26(20-11-7-5-9-17(18)20)14-16-8-4-6-10-19(16)24/h3-11,13H,1,12,14H2,2H3/b21-13+. The summed E-state index contributed by atoms with van der Waals surface area (Å²) in [5, 5.41) is 0.658. The first-order valence-corrected chi connectivity index (χ1v) is 10.0. The van der Waals surface area contributed by atoms with Gasteiger partial charge in [0, 0.05) is 34.3 Å². The van der Waals surface area contributed by atoms with Crippen LogP contribution in [-0.4, -0.2) is 27.2 Å². The van der Waals surface area contributed by atoms with E-state index in [0.29, 0.717) is 17.0 Å². The Labute approximate surface area is 172 Å². The van der Waals surface area contributed by atoms with Crippen LogP contribution in [0.1, 0.15) is 16.8 Å². The summed E-state index contributed by atoms with van der Waals surface area (Å²) in [6.07, 6.45) is 3.30. The van der Waals surface area contributed by atoms with Gasteiger partial charge in [-0.3, -0.25) is 14.5 Å². The summed E-state index contributed by atoms with van der Waals surface area (Å²) in [5.74, 6) is -0.568. The smallest absolute Gasteiger partial charge is 0.293 e. The Kier molecular flexibility index (Phi) is 5.11. The van der Waals surface area contributed by atoms with Crippen molar-refractivity contribution in [3.8, 4) is 0 Å². The molecule has 0 spiro atoms. The van der Waals surface area contributed by atoms with Gasteiger partial charge in [-0.05, 0) is 36.9 Å². The van der Waals surface area contributed by atoms with E-state index in [1.807, 2.05) is 41.8 Å². The van der Waals surface area contributed by atoms with Gasteiger partial charge in [-0.2, -0.15) is 0 Å². The molecule has 0 radical (unpaired) electrons. The van der Waals surface area contributed by atoms with Crippen LogP contribution in [0.25, 0.3) is 17.0 Å². The molecule has 2 heterocycles. The molecule has 3 aromatic rings. The molecule has 29 heavy (non-hydrogen) atoms. The molecule has 0 bridgehead atoms. The Hall–Kier alpha value is -3.12. The maximum absolute atomic E-state index is 14.2. The molecule has 1 saturated heterocycles. The van der Waals surface area contributed by atoms with Gasteiger partial charge in [0.15, 0.2) is 0 Å². The number of hydrogen-bond acceptors (Lipinski definition) is 3. The zero-order valence-electron chi connectivity index (χ0n) is 15.9. The first kappa shape index (κ1) is 19.2. The van der Waals surface area contributed by atoms with Gasteiger partial charge in [-0.1, -0.05) is 42.5 Å². The second kappa shape index (κ2) is 7.72. The van der Waals surface area contributed by atoms with Crippen molar-refractivity contribution in [3.05, 3.63) is 88.7 Å². The number of carbonyl (C=O) groups excluding carboxylic acids is 2. The van der Waals surface area contributed by atoms with Gasteiger partial charge >= 0.3 is 0 Å². The van der Waals surface area contributed by atoms with Crippen LogP contribution in [0.15, 0.2) is 66.1 Å². The van der Waals surface area contributed by atoms with E-state index in [2.05, 4.69) is 6.58 Å². The molecule has 1 aliphatic rings. The average Bonchev–Trinajstić information content (AvgIpc) is 3.13. The van der Waals surface area contributed by atoms with E-state index in [0.717, 1.165) is 33.9 Å². The van der Waals surface area contributed by atoms with Gasteiger partial charge in [-0.15, -0.1) is 6.58 Å². The molecule has 2 amide bonds. The number of benzene rings is 2. The molecule has 0 N–H and O–H groups in total. The highest BCUT2D eigenvalue weighted by Gasteiger charge is 2.34. The van der Waals surface area contributed by atoms with Crippen molar-refractivity contribution in [1.82, 2.24) is 9.47 Å². The molecular weight excluding hydrogens is 387 g/mol. The summed E-state index contributed by atoms with van der Waals surface area (Å²) in [7, 11) is 0. The van der Waals surface area contributed by atoms with Gasteiger partial charge in [0.25, 0.3) is 11.1 Å². The van der Waals surface area contributed by atoms with Crippen LogP contribution in [0.3, 0.4) is 0 Å². The van der Waals surface area contributed by atoms with E-state index in [-0.39, 0.29) is 23.5 Å². The van der Waals surface area contributed by atoms with E-state index < -0.39 is 0 Å². The summed E-state index contributed by atoms with van der Waals surface area (Å²) in [4.78, 5) is 26.3. The summed E-state index contributed by atoms with van der Waals surface area (Å²) in [5.41, 5.74) is 3.31. The van der Waals surface area contributed by atoms with Crippen molar-refractivity contribution in [2.24, 2.45) is 0 Å². The minimum Gasteiger partial charge on any atom is -0.340 e. The number of para-hydroxylation sites is 1. The number of rotatable bonds is 5. The van der Waals surface area contributed by atoms with E-state index in [4.69, 9.17) is 0 Å². The van der Waals surface area contributed by atoms with Crippen LogP contribution in [0.4, 0.5) is 9.18 Å². The lowest BCUT2D eigenvalue weighted by atomic mass is 10.1. The van der Waals surface area contributed by atoms with Crippen molar-refractivity contribution in [2.45, 2.75) is 13.5 Å². The zero-order valence-corrected chi connectivity index (χ0v) is 16.7. The Bertz CT molecular complexity index is 1180. The molecule has 1 aromatic heterocycles. The Balaban J connectivity index is 1.81. The topological polar surface area (TPSA) is 42.3 Å². The predicted octanol–water partition coefficient (Wildman–Crippen LogP) is 5.36. The maximum Gasteiger partial charge on any atom is 0.293 e. The van der Waals surface area contributed by atoms with Gasteiger partial charge in [0.05, 0.1) is 11.4 Å². The Morgan fingerprint density at radius 3 is 2.59 bits per heavy atom. The van der Waals surface area contributed by atoms with Gasteiger partial charge < -0.3 is 4.57 Å². The second-order valence-electron chi connectivity index (χ2n) is 6.77. The SMILES string of the molecule is C=CCN1C(=O)S/C(=C/c2c(C)n(Cc3ccccc3F)c3ccccc23)C1=O. The molecule has 0 aliphatic carbocycles. The fraction of sp³-hybridized carbons (Fsp3) is 0.130. The number of hydrogen-bond donors (Lipinski definition) is 0. The summed E-state index contributed by atoms with van der Waals surface area (Å²) < 4.78 is 16.3.